The summed E-state index contributed by atoms with van der Waals surface area (Å²) in [5.74, 6) is -0.181. The number of nitrogens with zero attached hydrogens (tertiary/aromatic N) is 4. The number of rotatable bonds is 1. The summed E-state index contributed by atoms with van der Waals surface area (Å²) in [6.07, 6.45) is 10.0. The molecule has 0 saturated heterocycles. The smallest absolute Gasteiger partial charge is 0.177 e. The fourth-order valence-corrected chi connectivity index (χ4v) is 5.88. The summed E-state index contributed by atoms with van der Waals surface area (Å²) in [6.45, 7) is 2.02. The van der Waals surface area contributed by atoms with Crippen molar-refractivity contribution in [1.82, 2.24) is 0 Å². The highest BCUT2D eigenvalue weighted by Crippen LogP contribution is 2.48. The first kappa shape index (κ1) is 22.9. The topological polar surface area (TPSA) is 72.3 Å². The van der Waals surface area contributed by atoms with Gasteiger partial charge in [0.15, 0.2) is 0 Å². The van der Waals surface area contributed by atoms with E-state index in [1.807, 2.05) is 43.6 Å². The number of halogens is 3. The van der Waals surface area contributed by atoms with Crippen molar-refractivity contribution in [3.05, 3.63) is 106 Å². The van der Waals surface area contributed by atoms with E-state index in [0.717, 1.165) is 56.3 Å². The maximum atomic E-state index is 13.0. The lowest BCUT2D eigenvalue weighted by atomic mass is 9.85. The van der Waals surface area contributed by atoms with E-state index in [2.05, 4.69) is 34.3 Å². The number of hydrogen-bond donors (Lipinski definition) is 0. The molecule has 180 valence electrons. The number of nitriles is 2. The molecule has 0 radical (unpaired) electrons. The van der Waals surface area contributed by atoms with Crippen molar-refractivity contribution in [3.63, 3.8) is 0 Å². The van der Waals surface area contributed by atoms with Crippen molar-refractivity contribution in [2.24, 2.45) is 15.9 Å². The molecule has 2 unspecified atom stereocenters. The number of fused-ring (bicyclic) bond motifs is 6. The number of hydrogen-bond acceptors (Lipinski definition) is 4. The van der Waals surface area contributed by atoms with Gasteiger partial charge >= 0.3 is 6.18 Å². The standard InChI is InChI=1S/C30H19F3N4/c1-16-2-8-20-22-12-27-23(13-26(22)28(36-14-34)24(20)10-16)21-9-5-18(11-25(21)29(27)37-15-35)17-3-6-19(7-4-17)30(31,32)33/h2-3,5-13,17,20,24H,4H2,1H3/b36-28+,37-29+/t17?,20?,24-/m0/s1. The zero-order valence-corrected chi connectivity index (χ0v) is 19.7. The van der Waals surface area contributed by atoms with E-state index in [1.54, 1.807) is 6.08 Å². The molecule has 4 aliphatic carbocycles. The van der Waals surface area contributed by atoms with Crippen molar-refractivity contribution in [2.75, 3.05) is 0 Å². The predicted molar refractivity (Wildman–Crippen MR) is 135 cm³/mol. The van der Waals surface area contributed by atoms with E-state index in [-0.39, 0.29) is 24.2 Å². The Morgan fingerprint density at radius 1 is 0.865 bits per heavy atom. The summed E-state index contributed by atoms with van der Waals surface area (Å²) in [5.41, 5.74) is 8.01. The van der Waals surface area contributed by atoms with Crippen molar-refractivity contribution in [1.29, 1.82) is 10.5 Å². The van der Waals surface area contributed by atoms with Crippen molar-refractivity contribution in [3.8, 4) is 23.5 Å². The van der Waals surface area contributed by atoms with Crippen molar-refractivity contribution < 1.29 is 13.2 Å². The average molecular weight is 493 g/mol. The van der Waals surface area contributed by atoms with Gasteiger partial charge in [0.05, 0.1) is 17.0 Å². The number of alkyl halides is 3. The number of aliphatic imine (C=N–C) groups is 2. The van der Waals surface area contributed by atoms with Crippen LogP contribution in [-0.4, -0.2) is 17.6 Å². The number of allylic oxidation sites excluding steroid dienone is 8. The fourth-order valence-electron chi connectivity index (χ4n) is 5.88. The summed E-state index contributed by atoms with van der Waals surface area (Å²) in [5, 5.41) is 18.9. The molecule has 0 heterocycles. The predicted octanol–water partition coefficient (Wildman–Crippen LogP) is 7.02. The van der Waals surface area contributed by atoms with Crippen LogP contribution in [0.5, 0.6) is 0 Å². The van der Waals surface area contributed by atoms with Crippen LogP contribution in [0.4, 0.5) is 13.2 Å². The van der Waals surface area contributed by atoms with Gasteiger partial charge in [0, 0.05) is 34.4 Å². The largest absolute Gasteiger partial charge is 0.416 e. The second kappa shape index (κ2) is 8.28. The van der Waals surface area contributed by atoms with Crippen LogP contribution in [0.2, 0.25) is 0 Å². The molecule has 0 saturated carbocycles. The fraction of sp³-hybridized carbons (Fsp3) is 0.200. The average Bonchev–Trinajstić information content (AvgIpc) is 3.34. The van der Waals surface area contributed by atoms with Crippen LogP contribution in [0.1, 0.15) is 53.0 Å². The van der Waals surface area contributed by atoms with Crippen molar-refractivity contribution >= 4 is 11.4 Å². The minimum Gasteiger partial charge on any atom is -0.177 e. The molecule has 7 heteroatoms. The normalized spacial score (nSPS) is 25.1. The Balaban J connectivity index is 1.45. The third-order valence-electron chi connectivity index (χ3n) is 7.57. The first-order valence-corrected chi connectivity index (χ1v) is 11.9. The molecule has 0 amide bonds. The molecule has 2 aromatic carbocycles. The highest BCUT2D eigenvalue weighted by molar-refractivity contribution is 6.26. The van der Waals surface area contributed by atoms with Gasteiger partial charge in [-0.3, -0.25) is 0 Å². The zero-order chi connectivity index (χ0) is 25.9. The van der Waals surface area contributed by atoms with Gasteiger partial charge in [0.2, 0.25) is 12.4 Å². The summed E-state index contributed by atoms with van der Waals surface area (Å²) in [4.78, 5) is 8.35. The molecule has 4 aliphatic rings. The molecular formula is C30H19F3N4. The van der Waals surface area contributed by atoms with E-state index in [1.165, 1.54) is 6.08 Å². The molecule has 6 rings (SSSR count). The lowest BCUT2D eigenvalue weighted by Crippen LogP contribution is -2.13. The van der Waals surface area contributed by atoms with E-state index < -0.39 is 11.7 Å². The molecule has 3 atom stereocenters. The lowest BCUT2D eigenvalue weighted by Gasteiger charge is -2.19. The van der Waals surface area contributed by atoms with E-state index in [9.17, 15) is 23.7 Å². The summed E-state index contributed by atoms with van der Waals surface area (Å²) in [6, 6.07) is 9.88. The molecular weight excluding hydrogens is 473 g/mol. The second-order valence-corrected chi connectivity index (χ2v) is 9.63. The third kappa shape index (κ3) is 3.58. The zero-order valence-electron chi connectivity index (χ0n) is 19.7. The van der Waals surface area contributed by atoms with E-state index in [0.29, 0.717) is 5.71 Å². The molecule has 0 fully saturated rings. The van der Waals surface area contributed by atoms with Gasteiger partial charge in [-0.2, -0.15) is 33.7 Å². The monoisotopic (exact) mass is 492 g/mol. The van der Waals surface area contributed by atoms with Crippen LogP contribution in [0.15, 0.2) is 87.9 Å². The summed E-state index contributed by atoms with van der Waals surface area (Å²) < 4.78 is 39.1. The molecule has 0 bridgehead atoms. The maximum Gasteiger partial charge on any atom is 0.416 e. The summed E-state index contributed by atoms with van der Waals surface area (Å²) in [7, 11) is 0. The Hall–Kier alpha value is -4.49. The van der Waals surface area contributed by atoms with Crippen LogP contribution < -0.4 is 0 Å². The Morgan fingerprint density at radius 2 is 1.65 bits per heavy atom. The molecule has 2 aromatic rings. The Kier molecular flexibility index (Phi) is 5.14. The van der Waals surface area contributed by atoms with Gasteiger partial charge in [0.25, 0.3) is 0 Å². The van der Waals surface area contributed by atoms with Gasteiger partial charge in [-0.25, -0.2) is 0 Å². The molecule has 0 N–H and O–H groups in total. The Morgan fingerprint density at radius 3 is 2.35 bits per heavy atom. The minimum atomic E-state index is -4.36. The quantitative estimate of drug-likeness (QED) is 0.343. The van der Waals surface area contributed by atoms with Gasteiger partial charge in [-0.15, -0.1) is 0 Å². The van der Waals surface area contributed by atoms with E-state index in [4.69, 9.17) is 0 Å². The maximum absolute atomic E-state index is 13.0. The molecule has 0 aliphatic heterocycles. The number of benzene rings is 2. The highest BCUT2D eigenvalue weighted by Gasteiger charge is 2.39. The summed E-state index contributed by atoms with van der Waals surface area (Å²) >= 11 is 0. The molecule has 37 heavy (non-hydrogen) atoms. The second-order valence-electron chi connectivity index (χ2n) is 9.63. The highest BCUT2D eigenvalue weighted by atomic mass is 19.4. The van der Waals surface area contributed by atoms with Gasteiger partial charge in [-0.1, -0.05) is 54.2 Å². The van der Waals surface area contributed by atoms with Crippen LogP contribution in [0, 0.1) is 28.8 Å². The molecule has 0 aromatic heterocycles. The SMILES string of the molecule is CC1=C[C@@H]2/C(=N\C#N)c3cc4c(cc3C2C=C1)/C(=N/C#N)c1cc(C2C=CC(C(F)(F)F)=CC2)ccc1-4. The van der Waals surface area contributed by atoms with Crippen LogP contribution >= 0.6 is 0 Å². The molecule has 0 spiro atoms. The van der Waals surface area contributed by atoms with Gasteiger partial charge in [-0.05, 0) is 53.8 Å². The third-order valence-corrected chi connectivity index (χ3v) is 7.57. The van der Waals surface area contributed by atoms with Gasteiger partial charge in [0.1, 0.15) is 0 Å². The Labute approximate surface area is 211 Å². The first-order valence-electron chi connectivity index (χ1n) is 11.9. The van der Waals surface area contributed by atoms with Gasteiger partial charge < -0.3 is 0 Å². The van der Waals surface area contributed by atoms with Crippen LogP contribution in [-0.2, 0) is 0 Å². The Bertz CT molecular complexity index is 1630. The lowest BCUT2D eigenvalue weighted by molar-refractivity contribution is -0.0886. The van der Waals surface area contributed by atoms with Crippen molar-refractivity contribution in [2.45, 2.75) is 31.4 Å². The van der Waals surface area contributed by atoms with Crippen LogP contribution in [0.3, 0.4) is 0 Å². The van der Waals surface area contributed by atoms with Crippen LogP contribution in [0.25, 0.3) is 11.1 Å². The minimum absolute atomic E-state index is 0.0203. The molecule has 4 nitrogen and oxygen atoms in total. The first-order chi connectivity index (χ1) is 17.8. The van der Waals surface area contributed by atoms with E-state index >= 15 is 0 Å².